The van der Waals surface area contributed by atoms with E-state index < -0.39 is 23.3 Å². The zero-order valence-electron chi connectivity index (χ0n) is 20.4. The van der Waals surface area contributed by atoms with E-state index in [-0.39, 0.29) is 29.4 Å². The van der Waals surface area contributed by atoms with Crippen molar-refractivity contribution in [1.29, 1.82) is 0 Å². The lowest BCUT2D eigenvalue weighted by Crippen LogP contribution is -2.20. The number of ether oxygens (including phenoxy) is 2. The maximum Gasteiger partial charge on any atom is 0.315 e. The Labute approximate surface area is 218 Å². The van der Waals surface area contributed by atoms with Gasteiger partial charge in [-0.2, -0.15) is 0 Å². The van der Waals surface area contributed by atoms with Gasteiger partial charge in [0.25, 0.3) is 5.78 Å². The number of hydrogen-bond acceptors (Lipinski definition) is 8. The summed E-state index contributed by atoms with van der Waals surface area (Å²) in [6, 6.07) is 17.7. The van der Waals surface area contributed by atoms with E-state index in [2.05, 4.69) is 0 Å². The van der Waals surface area contributed by atoms with E-state index in [4.69, 9.17) is 9.47 Å². The Kier molecular flexibility index (Phi) is 9.48. The Bertz CT molecular complexity index is 1430. The molecule has 0 heterocycles. The van der Waals surface area contributed by atoms with Gasteiger partial charge < -0.3 is 19.7 Å². The van der Waals surface area contributed by atoms with Crippen LogP contribution in [0.5, 0.6) is 23.0 Å². The predicted molar refractivity (Wildman–Crippen MR) is 142 cm³/mol. The summed E-state index contributed by atoms with van der Waals surface area (Å²) in [6.07, 6.45) is 7.80. The molecule has 2 N–H and O–H groups in total. The van der Waals surface area contributed by atoms with Gasteiger partial charge in [0.05, 0.1) is 13.5 Å². The Morgan fingerprint density at radius 1 is 0.711 bits per heavy atom. The lowest BCUT2D eigenvalue weighted by molar-refractivity contribution is -0.140. The molecule has 8 nitrogen and oxygen atoms in total. The van der Waals surface area contributed by atoms with E-state index in [9.17, 15) is 29.4 Å². The molecule has 0 saturated heterocycles. The van der Waals surface area contributed by atoms with Crippen LogP contribution in [0.25, 0.3) is 18.2 Å². The smallest absolute Gasteiger partial charge is 0.315 e. The molecule has 8 heteroatoms. The van der Waals surface area contributed by atoms with E-state index in [1.54, 1.807) is 12.2 Å². The number of hydrogen-bond donors (Lipinski definition) is 2. The molecule has 3 aromatic carbocycles. The van der Waals surface area contributed by atoms with E-state index in [1.165, 1.54) is 55.7 Å². The maximum absolute atomic E-state index is 12.2. The fourth-order valence-corrected chi connectivity index (χ4v) is 3.15. The normalized spacial score (nSPS) is 11.2. The highest BCUT2D eigenvalue weighted by atomic mass is 16.5. The number of carbonyl (C=O) groups is 4. The van der Waals surface area contributed by atoms with Gasteiger partial charge in [-0.1, -0.05) is 66.8 Å². The summed E-state index contributed by atoms with van der Waals surface area (Å²) in [7, 11) is 1.37. The molecule has 0 radical (unpaired) electrons. The van der Waals surface area contributed by atoms with Gasteiger partial charge in [0.2, 0.25) is 11.6 Å². The van der Waals surface area contributed by atoms with Crippen LogP contribution in [0.2, 0.25) is 0 Å². The second kappa shape index (κ2) is 13.2. The van der Waals surface area contributed by atoms with Crippen molar-refractivity contribution in [3.8, 4) is 23.0 Å². The number of phenols is 2. The van der Waals surface area contributed by atoms with E-state index in [0.29, 0.717) is 11.1 Å². The Morgan fingerprint density at radius 2 is 1.26 bits per heavy atom. The van der Waals surface area contributed by atoms with Gasteiger partial charge in [0.15, 0.2) is 23.0 Å². The third-order valence-electron chi connectivity index (χ3n) is 5.11. The van der Waals surface area contributed by atoms with E-state index in [0.717, 1.165) is 17.7 Å². The molecule has 0 amide bonds. The maximum atomic E-state index is 12.2. The monoisotopic (exact) mass is 512 g/mol. The van der Waals surface area contributed by atoms with Gasteiger partial charge in [-0.25, -0.2) is 0 Å². The van der Waals surface area contributed by atoms with Gasteiger partial charge in [0.1, 0.15) is 0 Å². The number of carbonyl (C=O) groups excluding carboxylic acids is 4. The molecule has 0 atom stereocenters. The first-order valence-electron chi connectivity index (χ1n) is 11.4. The van der Waals surface area contributed by atoms with Crippen molar-refractivity contribution in [1.82, 2.24) is 0 Å². The number of esters is 1. The molecule has 0 aromatic heterocycles. The minimum atomic E-state index is -1.25. The first kappa shape index (κ1) is 27.3. The average Bonchev–Trinajstić information content (AvgIpc) is 2.92. The van der Waals surface area contributed by atoms with E-state index >= 15 is 0 Å². The van der Waals surface area contributed by atoms with Gasteiger partial charge in [0, 0.05) is 0 Å². The molecule has 0 aliphatic heterocycles. The fourth-order valence-electron chi connectivity index (χ4n) is 3.15. The SMILES string of the molecule is COc1cc(/C=C/C(=O)C(=O)C(=O)/C=C/c2ccc(O)c(OC(=O)CC=Cc3ccccc3)c2)ccc1O. The summed E-state index contributed by atoms with van der Waals surface area (Å²) in [6.45, 7) is 0. The van der Waals surface area contributed by atoms with Crippen molar-refractivity contribution in [2.45, 2.75) is 6.42 Å². The number of ketones is 3. The third kappa shape index (κ3) is 7.89. The van der Waals surface area contributed by atoms with Crippen LogP contribution in [0.15, 0.2) is 85.0 Å². The lowest BCUT2D eigenvalue weighted by Gasteiger charge is -2.06. The summed E-state index contributed by atoms with van der Waals surface area (Å²) >= 11 is 0. The molecule has 38 heavy (non-hydrogen) atoms. The van der Waals surface area contributed by atoms with Crippen molar-refractivity contribution in [3.05, 3.63) is 102 Å². The Balaban J connectivity index is 1.59. The number of phenolic OH excluding ortho intramolecular Hbond substituents is 2. The number of methoxy groups -OCH3 is 1. The summed E-state index contributed by atoms with van der Waals surface area (Å²) in [4.78, 5) is 48.6. The molecular formula is C30H24O8. The number of allylic oxidation sites excluding steroid dienone is 2. The van der Waals surface area contributed by atoms with Gasteiger partial charge in [-0.05, 0) is 53.1 Å². The van der Waals surface area contributed by atoms with Crippen LogP contribution in [-0.2, 0) is 19.2 Å². The van der Waals surface area contributed by atoms with Crippen LogP contribution >= 0.6 is 0 Å². The Hall–Kier alpha value is -5.24. The van der Waals surface area contributed by atoms with Crippen LogP contribution in [0.3, 0.4) is 0 Å². The average molecular weight is 513 g/mol. The lowest BCUT2D eigenvalue weighted by atomic mass is 10.1. The molecule has 0 unspecified atom stereocenters. The standard InChI is InChI=1S/C30H24O8/c1-37-27-18-21(10-14-23(27)31)12-16-25(33)30(36)26(34)17-13-22-11-15-24(32)28(19-22)38-29(35)9-5-8-20-6-3-2-4-7-20/h2-8,10-19,31-32H,9H2,1H3/b8-5?,16-12+,17-13+. The third-order valence-corrected chi connectivity index (χ3v) is 5.11. The molecule has 3 rings (SSSR count). The van der Waals surface area contributed by atoms with Gasteiger partial charge in [-0.15, -0.1) is 0 Å². The first-order valence-corrected chi connectivity index (χ1v) is 11.4. The van der Waals surface area contributed by atoms with Gasteiger partial charge in [-0.3, -0.25) is 19.2 Å². The molecular weight excluding hydrogens is 488 g/mol. The quantitative estimate of drug-likeness (QED) is 0.126. The van der Waals surface area contributed by atoms with E-state index in [1.807, 2.05) is 30.3 Å². The molecule has 0 saturated carbocycles. The Morgan fingerprint density at radius 3 is 1.84 bits per heavy atom. The van der Waals surface area contributed by atoms with Crippen LogP contribution in [-0.4, -0.2) is 40.6 Å². The summed E-state index contributed by atoms with van der Waals surface area (Å²) in [5, 5.41) is 19.6. The fraction of sp³-hybridized carbons (Fsp3) is 0.0667. The largest absolute Gasteiger partial charge is 0.504 e. The van der Waals surface area contributed by atoms with Crippen molar-refractivity contribution in [2.24, 2.45) is 0 Å². The second-order valence-corrected chi connectivity index (χ2v) is 7.87. The number of benzene rings is 3. The molecule has 0 bridgehead atoms. The molecule has 0 fully saturated rings. The second-order valence-electron chi connectivity index (χ2n) is 7.87. The number of Topliss-reactive ketones (excluding diaryl/α,β-unsaturated/α-hetero) is 1. The zero-order valence-corrected chi connectivity index (χ0v) is 20.4. The highest BCUT2D eigenvalue weighted by Gasteiger charge is 2.18. The molecule has 3 aromatic rings. The first-order chi connectivity index (χ1) is 18.3. The minimum Gasteiger partial charge on any atom is -0.504 e. The van der Waals surface area contributed by atoms with Crippen molar-refractivity contribution < 1.29 is 38.9 Å². The molecule has 0 aliphatic carbocycles. The molecule has 0 spiro atoms. The summed E-state index contributed by atoms with van der Waals surface area (Å²) in [5.74, 6) is -4.24. The van der Waals surface area contributed by atoms with Crippen molar-refractivity contribution in [3.63, 3.8) is 0 Å². The van der Waals surface area contributed by atoms with Crippen LogP contribution < -0.4 is 9.47 Å². The number of rotatable bonds is 11. The minimum absolute atomic E-state index is 0.0338. The summed E-state index contributed by atoms with van der Waals surface area (Å²) in [5.41, 5.74) is 1.75. The highest BCUT2D eigenvalue weighted by Crippen LogP contribution is 2.28. The topological polar surface area (TPSA) is 127 Å². The zero-order chi connectivity index (χ0) is 27.5. The van der Waals surface area contributed by atoms with Crippen LogP contribution in [0, 0.1) is 0 Å². The summed E-state index contributed by atoms with van der Waals surface area (Å²) < 4.78 is 10.2. The predicted octanol–water partition coefficient (Wildman–Crippen LogP) is 4.55. The number of aromatic hydroxyl groups is 2. The molecule has 192 valence electrons. The van der Waals surface area contributed by atoms with Crippen molar-refractivity contribution >= 4 is 41.5 Å². The van der Waals surface area contributed by atoms with Gasteiger partial charge >= 0.3 is 5.97 Å². The van der Waals surface area contributed by atoms with Crippen LogP contribution in [0.4, 0.5) is 0 Å². The van der Waals surface area contributed by atoms with Crippen molar-refractivity contribution in [2.75, 3.05) is 7.11 Å². The highest BCUT2D eigenvalue weighted by molar-refractivity contribution is 6.68. The van der Waals surface area contributed by atoms with Crippen LogP contribution in [0.1, 0.15) is 23.1 Å². The molecule has 0 aliphatic rings.